The first-order valence-corrected chi connectivity index (χ1v) is 11.1. The highest BCUT2D eigenvalue weighted by Crippen LogP contribution is 2.33. The molecule has 0 saturated heterocycles. The van der Waals surface area contributed by atoms with E-state index in [1.54, 1.807) is 24.9 Å². The molecule has 0 spiro atoms. The predicted octanol–water partition coefficient (Wildman–Crippen LogP) is 6.16. The molecule has 0 aliphatic heterocycles. The van der Waals surface area contributed by atoms with Crippen LogP contribution < -0.4 is 14.8 Å². The summed E-state index contributed by atoms with van der Waals surface area (Å²) >= 11 is 6.05. The number of methoxy groups -OCH3 is 2. The number of ether oxygens (including phenoxy) is 2. The van der Waals surface area contributed by atoms with Crippen LogP contribution in [0.15, 0.2) is 73.2 Å². The molecule has 0 radical (unpaired) electrons. The molecular weight excluding hydrogens is 495 g/mol. The molecule has 4 rings (SSSR count). The van der Waals surface area contributed by atoms with Gasteiger partial charge in [0.1, 0.15) is 5.69 Å². The van der Waals surface area contributed by atoms with E-state index < -0.39 is 17.6 Å². The van der Waals surface area contributed by atoms with Crippen molar-refractivity contribution in [2.24, 2.45) is 0 Å². The Morgan fingerprint density at radius 3 is 2.47 bits per heavy atom. The van der Waals surface area contributed by atoms with Crippen LogP contribution in [0.1, 0.15) is 21.6 Å². The lowest BCUT2D eigenvalue weighted by atomic mass is 10.0. The average molecular weight is 516 g/mol. The summed E-state index contributed by atoms with van der Waals surface area (Å²) in [5.41, 5.74) is 1.93. The third kappa shape index (κ3) is 5.31. The maximum Gasteiger partial charge on any atom is 0.416 e. The molecule has 6 nitrogen and oxygen atoms in total. The number of nitrogens with zero attached hydrogens (tertiary/aromatic N) is 2. The van der Waals surface area contributed by atoms with Gasteiger partial charge in [-0.1, -0.05) is 29.8 Å². The van der Waals surface area contributed by atoms with Crippen molar-refractivity contribution in [3.05, 3.63) is 95.0 Å². The largest absolute Gasteiger partial charge is 0.493 e. The SMILES string of the molecule is COc1ccc(-c2cccc(-n3cncc3C(=O)NCc3cc(C(F)(F)F)ccc3Cl)c2)cc1OC. The zero-order chi connectivity index (χ0) is 25.9. The molecule has 36 heavy (non-hydrogen) atoms. The van der Waals surface area contributed by atoms with Crippen LogP contribution in [0.4, 0.5) is 13.2 Å². The molecule has 0 bridgehead atoms. The van der Waals surface area contributed by atoms with E-state index in [0.29, 0.717) is 17.2 Å². The summed E-state index contributed by atoms with van der Waals surface area (Å²) in [7, 11) is 3.12. The van der Waals surface area contributed by atoms with E-state index in [1.807, 2.05) is 36.4 Å². The Morgan fingerprint density at radius 2 is 1.75 bits per heavy atom. The summed E-state index contributed by atoms with van der Waals surface area (Å²) in [4.78, 5) is 17.0. The minimum Gasteiger partial charge on any atom is -0.493 e. The van der Waals surface area contributed by atoms with Crippen LogP contribution in [0.2, 0.25) is 5.02 Å². The highest BCUT2D eigenvalue weighted by atomic mass is 35.5. The second-order valence-corrected chi connectivity index (χ2v) is 8.16. The van der Waals surface area contributed by atoms with Gasteiger partial charge in [-0.15, -0.1) is 0 Å². The second kappa shape index (κ2) is 10.3. The zero-order valence-electron chi connectivity index (χ0n) is 19.3. The minimum atomic E-state index is -4.51. The Bertz CT molecular complexity index is 1400. The van der Waals surface area contributed by atoms with Crippen molar-refractivity contribution in [3.63, 3.8) is 0 Å². The van der Waals surface area contributed by atoms with E-state index in [9.17, 15) is 18.0 Å². The van der Waals surface area contributed by atoms with Crippen LogP contribution in [0.5, 0.6) is 11.5 Å². The molecule has 3 aromatic carbocycles. The van der Waals surface area contributed by atoms with Gasteiger partial charge in [-0.25, -0.2) is 4.98 Å². The predicted molar refractivity (Wildman–Crippen MR) is 130 cm³/mol. The van der Waals surface area contributed by atoms with Gasteiger partial charge in [-0.2, -0.15) is 13.2 Å². The van der Waals surface area contributed by atoms with Crippen molar-refractivity contribution in [2.75, 3.05) is 14.2 Å². The zero-order valence-corrected chi connectivity index (χ0v) is 20.0. The summed E-state index contributed by atoms with van der Waals surface area (Å²) in [6.45, 7) is -0.182. The third-order valence-electron chi connectivity index (χ3n) is 5.52. The molecule has 0 unspecified atom stereocenters. The smallest absolute Gasteiger partial charge is 0.416 e. The van der Waals surface area contributed by atoms with Gasteiger partial charge in [-0.3, -0.25) is 9.36 Å². The topological polar surface area (TPSA) is 65.4 Å². The van der Waals surface area contributed by atoms with Crippen LogP contribution in [0, 0.1) is 0 Å². The normalized spacial score (nSPS) is 11.3. The first-order valence-electron chi connectivity index (χ1n) is 10.7. The maximum absolute atomic E-state index is 13.0. The Kier molecular flexibility index (Phi) is 7.21. The Hall–Kier alpha value is -3.98. The molecule has 0 aliphatic carbocycles. The van der Waals surface area contributed by atoms with Crippen molar-refractivity contribution in [1.82, 2.24) is 14.9 Å². The van der Waals surface area contributed by atoms with Crippen LogP contribution in [0.3, 0.4) is 0 Å². The standard InChI is InChI=1S/C26H21ClF3N3O3/c1-35-23-9-6-17(12-24(23)36-2)16-4-3-5-20(11-16)33-15-31-14-22(33)25(34)32-13-18-10-19(26(28,29)30)7-8-21(18)27/h3-12,14-15H,13H2,1-2H3,(H,32,34). The number of alkyl halides is 3. The van der Waals surface area contributed by atoms with Gasteiger partial charge in [-0.05, 0) is 59.2 Å². The highest BCUT2D eigenvalue weighted by molar-refractivity contribution is 6.31. The Labute approximate surface area is 210 Å². The van der Waals surface area contributed by atoms with Gasteiger partial charge in [0.2, 0.25) is 0 Å². The Balaban J connectivity index is 1.57. The van der Waals surface area contributed by atoms with E-state index in [1.165, 1.54) is 12.5 Å². The molecule has 0 atom stereocenters. The number of rotatable bonds is 7. The van der Waals surface area contributed by atoms with E-state index in [0.717, 1.165) is 29.3 Å². The maximum atomic E-state index is 13.0. The van der Waals surface area contributed by atoms with E-state index in [4.69, 9.17) is 21.1 Å². The molecule has 1 amide bonds. The number of benzene rings is 3. The third-order valence-corrected chi connectivity index (χ3v) is 5.89. The molecule has 0 aliphatic rings. The molecule has 186 valence electrons. The van der Waals surface area contributed by atoms with Gasteiger partial charge >= 0.3 is 6.18 Å². The summed E-state index contributed by atoms with van der Waals surface area (Å²) in [5.74, 6) is 0.667. The number of carbonyl (C=O) groups excluding carboxylic acids is 1. The van der Waals surface area contributed by atoms with Crippen LogP contribution >= 0.6 is 11.6 Å². The van der Waals surface area contributed by atoms with Crippen molar-refractivity contribution in [3.8, 4) is 28.3 Å². The number of halogens is 4. The van der Waals surface area contributed by atoms with Crippen LogP contribution in [-0.2, 0) is 12.7 Å². The monoisotopic (exact) mass is 515 g/mol. The van der Waals surface area contributed by atoms with Crippen molar-refractivity contribution >= 4 is 17.5 Å². The number of hydrogen-bond acceptors (Lipinski definition) is 4. The second-order valence-electron chi connectivity index (χ2n) is 7.76. The molecule has 4 aromatic rings. The Morgan fingerprint density at radius 1 is 1.00 bits per heavy atom. The summed E-state index contributed by atoms with van der Waals surface area (Å²) < 4.78 is 51.4. The summed E-state index contributed by atoms with van der Waals surface area (Å²) in [6.07, 6.45) is -1.65. The van der Waals surface area contributed by atoms with Gasteiger partial charge in [0.25, 0.3) is 5.91 Å². The number of aromatic nitrogens is 2. The molecule has 1 heterocycles. The number of imidazole rings is 1. The number of hydrogen-bond donors (Lipinski definition) is 1. The van der Waals surface area contributed by atoms with E-state index in [2.05, 4.69) is 10.3 Å². The molecule has 0 saturated carbocycles. The lowest BCUT2D eigenvalue weighted by Gasteiger charge is -2.13. The summed E-state index contributed by atoms with van der Waals surface area (Å²) in [5, 5.41) is 2.75. The van der Waals surface area contributed by atoms with Gasteiger partial charge in [0.05, 0.1) is 32.3 Å². The number of nitrogens with one attached hydrogen (secondary N) is 1. The quantitative estimate of drug-likeness (QED) is 0.320. The first-order chi connectivity index (χ1) is 17.2. The fourth-order valence-electron chi connectivity index (χ4n) is 3.67. The van der Waals surface area contributed by atoms with Crippen LogP contribution in [-0.4, -0.2) is 29.7 Å². The molecule has 1 aromatic heterocycles. The van der Waals surface area contributed by atoms with Gasteiger partial charge in [0.15, 0.2) is 11.5 Å². The van der Waals surface area contributed by atoms with Gasteiger partial charge < -0.3 is 14.8 Å². The molecular formula is C26H21ClF3N3O3. The highest BCUT2D eigenvalue weighted by Gasteiger charge is 2.31. The van der Waals surface area contributed by atoms with Crippen molar-refractivity contribution < 1.29 is 27.4 Å². The fourth-order valence-corrected chi connectivity index (χ4v) is 3.86. The van der Waals surface area contributed by atoms with Gasteiger partial charge in [0, 0.05) is 17.3 Å². The lowest BCUT2D eigenvalue weighted by molar-refractivity contribution is -0.137. The number of carbonyl (C=O) groups is 1. The van der Waals surface area contributed by atoms with Crippen molar-refractivity contribution in [2.45, 2.75) is 12.7 Å². The van der Waals surface area contributed by atoms with Crippen molar-refractivity contribution in [1.29, 1.82) is 0 Å². The number of amides is 1. The van der Waals surface area contributed by atoms with E-state index >= 15 is 0 Å². The lowest BCUT2D eigenvalue weighted by Crippen LogP contribution is -2.25. The summed E-state index contributed by atoms with van der Waals surface area (Å²) in [6, 6.07) is 16.0. The minimum absolute atomic E-state index is 0.124. The van der Waals surface area contributed by atoms with E-state index in [-0.39, 0.29) is 22.8 Å². The van der Waals surface area contributed by atoms with Crippen LogP contribution in [0.25, 0.3) is 16.8 Å². The molecule has 10 heteroatoms. The molecule has 0 fully saturated rings. The first kappa shape index (κ1) is 25.1. The molecule has 1 N–H and O–H groups in total. The fraction of sp³-hybridized carbons (Fsp3) is 0.154. The average Bonchev–Trinajstić information content (AvgIpc) is 3.37.